The van der Waals surface area contributed by atoms with Crippen molar-refractivity contribution in [3.05, 3.63) is 89.6 Å². The summed E-state index contributed by atoms with van der Waals surface area (Å²) >= 11 is 0. The van der Waals surface area contributed by atoms with Gasteiger partial charge in [0, 0.05) is 31.6 Å². The normalized spacial score (nSPS) is 14.1. The van der Waals surface area contributed by atoms with Crippen molar-refractivity contribution in [2.45, 2.75) is 32.1 Å². The van der Waals surface area contributed by atoms with Crippen LogP contribution < -0.4 is 14.8 Å². The van der Waals surface area contributed by atoms with E-state index in [0.29, 0.717) is 37.8 Å². The molecule has 1 aliphatic heterocycles. The van der Waals surface area contributed by atoms with Gasteiger partial charge in [0.25, 0.3) is 5.91 Å². The Morgan fingerprint density at radius 1 is 0.968 bits per heavy atom. The Labute approximate surface area is 182 Å². The van der Waals surface area contributed by atoms with Crippen molar-refractivity contribution in [2.75, 3.05) is 13.2 Å². The molecule has 0 spiro atoms. The zero-order valence-electron chi connectivity index (χ0n) is 17.3. The topological polar surface area (TPSA) is 69.7 Å². The van der Waals surface area contributed by atoms with Gasteiger partial charge >= 0.3 is 0 Å². The van der Waals surface area contributed by atoms with Crippen molar-refractivity contribution in [1.29, 1.82) is 0 Å². The summed E-state index contributed by atoms with van der Waals surface area (Å²) in [5, 5.41) is 2.92. The van der Waals surface area contributed by atoms with Crippen molar-refractivity contribution in [1.82, 2.24) is 10.3 Å². The molecule has 1 fully saturated rings. The van der Waals surface area contributed by atoms with Crippen LogP contribution in [0.15, 0.2) is 72.9 Å². The van der Waals surface area contributed by atoms with E-state index in [2.05, 4.69) is 10.3 Å². The van der Waals surface area contributed by atoms with Gasteiger partial charge in [-0.15, -0.1) is 0 Å². The molecule has 3 aromatic rings. The largest absolute Gasteiger partial charge is 0.489 e. The summed E-state index contributed by atoms with van der Waals surface area (Å²) < 4.78 is 17.0. The fourth-order valence-electron chi connectivity index (χ4n) is 3.28. The number of rotatable bonds is 8. The first-order valence-corrected chi connectivity index (χ1v) is 10.5. The first kappa shape index (κ1) is 20.9. The van der Waals surface area contributed by atoms with Crippen LogP contribution in [0.4, 0.5) is 0 Å². The number of nitrogens with one attached hydrogen (secondary N) is 1. The highest BCUT2D eigenvalue weighted by atomic mass is 16.5. The first-order chi connectivity index (χ1) is 15.3. The highest BCUT2D eigenvalue weighted by Crippen LogP contribution is 2.17. The lowest BCUT2D eigenvalue weighted by molar-refractivity contribution is 0.0237. The van der Waals surface area contributed by atoms with Gasteiger partial charge in [0.1, 0.15) is 18.5 Å². The fraction of sp³-hybridized carbons (Fsp3) is 0.280. The van der Waals surface area contributed by atoms with Gasteiger partial charge in [-0.2, -0.15) is 0 Å². The van der Waals surface area contributed by atoms with Crippen molar-refractivity contribution < 1.29 is 19.0 Å². The summed E-state index contributed by atoms with van der Waals surface area (Å²) in [5.74, 6) is 1.16. The molecule has 4 rings (SSSR count). The molecule has 0 bridgehead atoms. The van der Waals surface area contributed by atoms with E-state index < -0.39 is 0 Å². The van der Waals surface area contributed by atoms with E-state index >= 15 is 0 Å². The maximum Gasteiger partial charge on any atom is 0.253 e. The number of amides is 1. The second-order valence-corrected chi connectivity index (χ2v) is 7.42. The van der Waals surface area contributed by atoms with Crippen molar-refractivity contribution >= 4 is 5.91 Å². The minimum absolute atomic E-state index is 0.126. The minimum atomic E-state index is -0.172. The molecule has 160 valence electrons. The minimum Gasteiger partial charge on any atom is -0.489 e. The van der Waals surface area contributed by atoms with Crippen LogP contribution in [-0.4, -0.2) is 30.2 Å². The van der Waals surface area contributed by atoms with Crippen LogP contribution in [0.25, 0.3) is 0 Å². The Balaban J connectivity index is 1.23. The number of carbonyl (C=O) groups is 1. The zero-order chi connectivity index (χ0) is 21.3. The number of nitrogens with zero attached hydrogens (tertiary/aromatic N) is 1. The van der Waals surface area contributed by atoms with Crippen LogP contribution >= 0.6 is 0 Å². The van der Waals surface area contributed by atoms with Crippen LogP contribution in [0.3, 0.4) is 0 Å². The van der Waals surface area contributed by atoms with Gasteiger partial charge < -0.3 is 19.5 Å². The molecule has 0 aliphatic carbocycles. The van der Waals surface area contributed by atoms with E-state index in [4.69, 9.17) is 14.2 Å². The average molecular weight is 418 g/mol. The average Bonchev–Trinajstić information content (AvgIpc) is 2.84. The van der Waals surface area contributed by atoms with Gasteiger partial charge in [0.15, 0.2) is 0 Å². The first-order valence-electron chi connectivity index (χ1n) is 10.5. The van der Waals surface area contributed by atoms with E-state index in [1.165, 1.54) is 0 Å². The highest BCUT2D eigenvalue weighted by Gasteiger charge is 2.16. The zero-order valence-corrected chi connectivity index (χ0v) is 17.3. The molecule has 1 N–H and O–H groups in total. The predicted molar refractivity (Wildman–Crippen MR) is 117 cm³/mol. The molecule has 2 heterocycles. The summed E-state index contributed by atoms with van der Waals surface area (Å²) in [5.41, 5.74) is 2.62. The van der Waals surface area contributed by atoms with Gasteiger partial charge in [0.05, 0.1) is 18.8 Å². The number of ether oxygens (including phenoxy) is 3. The number of hydrogen-bond donors (Lipinski definition) is 1. The van der Waals surface area contributed by atoms with E-state index in [1.54, 1.807) is 18.3 Å². The van der Waals surface area contributed by atoms with Crippen LogP contribution in [0.1, 0.15) is 34.3 Å². The van der Waals surface area contributed by atoms with Crippen LogP contribution in [0, 0.1) is 0 Å². The Kier molecular flexibility index (Phi) is 7.13. The van der Waals surface area contributed by atoms with Gasteiger partial charge in [-0.05, 0) is 29.3 Å². The second kappa shape index (κ2) is 10.6. The van der Waals surface area contributed by atoms with E-state index in [0.717, 1.165) is 29.7 Å². The molecule has 6 nitrogen and oxygen atoms in total. The van der Waals surface area contributed by atoms with E-state index in [9.17, 15) is 4.79 Å². The molecule has 1 amide bonds. The van der Waals surface area contributed by atoms with Gasteiger partial charge in [-0.1, -0.05) is 42.5 Å². The molecule has 0 saturated carbocycles. The Hall–Kier alpha value is -3.38. The van der Waals surface area contributed by atoms with Gasteiger partial charge in [-0.25, -0.2) is 4.98 Å². The third kappa shape index (κ3) is 6.30. The predicted octanol–water partition coefficient (Wildman–Crippen LogP) is 4.15. The SMILES string of the molecule is O=C(NCc1ccc(OCc2ccccc2)cc1)c1ccc(OC2CCOCC2)nc1. The van der Waals surface area contributed by atoms with Crippen LogP contribution in [0.2, 0.25) is 0 Å². The molecule has 2 aromatic carbocycles. The van der Waals surface area contributed by atoms with E-state index in [-0.39, 0.29) is 12.0 Å². The summed E-state index contributed by atoms with van der Waals surface area (Å²) in [7, 11) is 0. The molecular weight excluding hydrogens is 392 g/mol. The monoisotopic (exact) mass is 418 g/mol. The molecule has 0 atom stereocenters. The smallest absolute Gasteiger partial charge is 0.253 e. The molecule has 1 saturated heterocycles. The molecule has 1 aliphatic rings. The van der Waals surface area contributed by atoms with Crippen LogP contribution in [0.5, 0.6) is 11.6 Å². The van der Waals surface area contributed by atoms with Crippen molar-refractivity contribution in [2.24, 2.45) is 0 Å². The molecule has 1 aromatic heterocycles. The third-order valence-corrected chi connectivity index (χ3v) is 5.08. The van der Waals surface area contributed by atoms with E-state index in [1.807, 2.05) is 54.6 Å². The molecular formula is C25H26N2O4. The summed E-state index contributed by atoms with van der Waals surface area (Å²) in [4.78, 5) is 16.7. The summed E-state index contributed by atoms with van der Waals surface area (Å²) in [6.45, 7) is 2.38. The van der Waals surface area contributed by atoms with Crippen molar-refractivity contribution in [3.8, 4) is 11.6 Å². The lowest BCUT2D eigenvalue weighted by Gasteiger charge is -2.22. The lowest BCUT2D eigenvalue weighted by Crippen LogP contribution is -2.26. The number of aromatic nitrogens is 1. The second-order valence-electron chi connectivity index (χ2n) is 7.42. The third-order valence-electron chi connectivity index (χ3n) is 5.08. The standard InChI is InChI=1S/C25H26N2O4/c28-25(21-8-11-24(26-17-21)31-23-12-14-29-15-13-23)27-16-19-6-9-22(10-7-19)30-18-20-4-2-1-3-5-20/h1-11,17,23H,12-16,18H2,(H,27,28). The number of carbonyl (C=O) groups excluding carboxylic acids is 1. The lowest BCUT2D eigenvalue weighted by atomic mass is 10.1. The molecule has 6 heteroatoms. The Bertz CT molecular complexity index is 953. The molecule has 31 heavy (non-hydrogen) atoms. The summed E-state index contributed by atoms with van der Waals surface area (Å²) in [6.07, 6.45) is 3.39. The summed E-state index contributed by atoms with van der Waals surface area (Å²) in [6, 6.07) is 21.2. The quantitative estimate of drug-likeness (QED) is 0.595. The van der Waals surface area contributed by atoms with Crippen LogP contribution in [-0.2, 0) is 17.9 Å². The van der Waals surface area contributed by atoms with Gasteiger partial charge in [-0.3, -0.25) is 4.79 Å². The highest BCUT2D eigenvalue weighted by molar-refractivity contribution is 5.93. The maximum absolute atomic E-state index is 12.4. The Morgan fingerprint density at radius 2 is 1.74 bits per heavy atom. The molecule has 0 unspecified atom stereocenters. The molecule has 0 radical (unpaired) electrons. The number of pyridine rings is 1. The Morgan fingerprint density at radius 3 is 2.45 bits per heavy atom. The maximum atomic E-state index is 12.4. The fourth-order valence-corrected chi connectivity index (χ4v) is 3.28. The van der Waals surface area contributed by atoms with Crippen molar-refractivity contribution in [3.63, 3.8) is 0 Å². The number of benzene rings is 2. The van der Waals surface area contributed by atoms with Gasteiger partial charge in [0.2, 0.25) is 5.88 Å². The number of hydrogen-bond acceptors (Lipinski definition) is 5.